The highest BCUT2D eigenvalue weighted by molar-refractivity contribution is 7.89. The van der Waals surface area contributed by atoms with E-state index in [1.807, 2.05) is 11.4 Å². The molecule has 0 aliphatic carbocycles. The largest absolute Gasteiger partial charge is 0.293 e. The normalized spacial score (nSPS) is 19.6. The van der Waals surface area contributed by atoms with Gasteiger partial charge in [-0.05, 0) is 30.4 Å². The average Bonchev–Trinajstić information content (AvgIpc) is 3.19. The van der Waals surface area contributed by atoms with Crippen LogP contribution in [0.25, 0.3) is 0 Å². The summed E-state index contributed by atoms with van der Waals surface area (Å²) in [6.45, 7) is 0.454. The maximum Gasteiger partial charge on any atom is 0.260 e. The van der Waals surface area contributed by atoms with Gasteiger partial charge in [0.2, 0.25) is 0 Å². The molecule has 3 rings (SSSR count). The molecule has 22 heavy (non-hydrogen) atoms. The Hall–Kier alpha value is -1.51. The van der Waals surface area contributed by atoms with Crippen LogP contribution in [0.2, 0.25) is 0 Å². The van der Waals surface area contributed by atoms with E-state index in [9.17, 15) is 13.2 Å². The van der Waals surface area contributed by atoms with Gasteiger partial charge >= 0.3 is 0 Å². The van der Waals surface area contributed by atoms with Crippen molar-refractivity contribution >= 4 is 27.1 Å². The van der Waals surface area contributed by atoms with Crippen molar-refractivity contribution < 1.29 is 13.2 Å². The molecule has 1 saturated heterocycles. The fraction of sp³-hybridized carbons (Fsp3) is 0.429. The minimum absolute atomic E-state index is 0.00658. The SMILES string of the molecule is Cn1nccc1S(=O)(=O)N1CCC[C@@H]1CC(=O)c1cccs1. The van der Waals surface area contributed by atoms with E-state index >= 15 is 0 Å². The van der Waals surface area contributed by atoms with Crippen LogP contribution in [0.3, 0.4) is 0 Å². The maximum absolute atomic E-state index is 12.8. The van der Waals surface area contributed by atoms with E-state index in [2.05, 4.69) is 5.10 Å². The van der Waals surface area contributed by atoms with Crippen molar-refractivity contribution in [3.05, 3.63) is 34.7 Å². The van der Waals surface area contributed by atoms with Crippen LogP contribution in [0.4, 0.5) is 0 Å². The second-order valence-electron chi connectivity index (χ2n) is 5.31. The second kappa shape index (κ2) is 5.94. The Kier molecular flexibility index (Phi) is 4.16. The van der Waals surface area contributed by atoms with Gasteiger partial charge in [-0.25, -0.2) is 8.42 Å². The molecule has 1 fully saturated rings. The molecule has 0 spiro atoms. The molecular weight excluding hydrogens is 322 g/mol. The van der Waals surface area contributed by atoms with Crippen molar-refractivity contribution in [3.63, 3.8) is 0 Å². The second-order valence-corrected chi connectivity index (χ2v) is 8.09. The van der Waals surface area contributed by atoms with E-state index < -0.39 is 10.0 Å². The van der Waals surface area contributed by atoms with Gasteiger partial charge in [-0.2, -0.15) is 9.40 Å². The monoisotopic (exact) mass is 339 g/mol. The van der Waals surface area contributed by atoms with Gasteiger partial charge in [0.05, 0.1) is 11.1 Å². The summed E-state index contributed by atoms with van der Waals surface area (Å²) in [6.07, 6.45) is 3.19. The number of aromatic nitrogens is 2. The van der Waals surface area contributed by atoms with Gasteiger partial charge in [-0.15, -0.1) is 11.3 Å². The van der Waals surface area contributed by atoms with Crippen molar-refractivity contribution in [1.82, 2.24) is 14.1 Å². The summed E-state index contributed by atoms with van der Waals surface area (Å²) >= 11 is 1.39. The zero-order valence-corrected chi connectivity index (χ0v) is 13.8. The summed E-state index contributed by atoms with van der Waals surface area (Å²) in [5.74, 6) is 0.00658. The molecule has 0 N–H and O–H groups in total. The summed E-state index contributed by atoms with van der Waals surface area (Å²) in [4.78, 5) is 12.9. The standard InChI is InChI=1S/C14H17N3O3S2/c1-16-14(6-7-15-16)22(19,20)17-8-2-4-11(17)10-12(18)13-5-3-9-21-13/h3,5-7,9,11H,2,4,8,10H2,1H3/t11-/m1/s1. The highest BCUT2D eigenvalue weighted by atomic mass is 32.2. The molecule has 8 heteroatoms. The van der Waals surface area contributed by atoms with Crippen LogP contribution < -0.4 is 0 Å². The Morgan fingerprint density at radius 1 is 1.45 bits per heavy atom. The molecule has 6 nitrogen and oxygen atoms in total. The van der Waals surface area contributed by atoms with Gasteiger partial charge in [0.1, 0.15) is 0 Å². The Morgan fingerprint density at radius 2 is 2.27 bits per heavy atom. The molecular formula is C14H17N3O3S2. The highest BCUT2D eigenvalue weighted by Crippen LogP contribution is 2.29. The van der Waals surface area contributed by atoms with Crippen molar-refractivity contribution in [2.75, 3.05) is 6.54 Å². The van der Waals surface area contributed by atoms with Crippen LogP contribution >= 0.6 is 11.3 Å². The molecule has 1 aliphatic rings. The lowest BCUT2D eigenvalue weighted by molar-refractivity contribution is 0.0965. The number of sulfonamides is 1. The smallest absolute Gasteiger partial charge is 0.260 e. The van der Waals surface area contributed by atoms with E-state index in [1.165, 1.54) is 32.6 Å². The van der Waals surface area contributed by atoms with Crippen LogP contribution in [0.1, 0.15) is 28.9 Å². The van der Waals surface area contributed by atoms with Gasteiger partial charge in [-0.3, -0.25) is 9.48 Å². The molecule has 0 aromatic carbocycles. The van der Waals surface area contributed by atoms with Gasteiger partial charge in [-0.1, -0.05) is 6.07 Å². The van der Waals surface area contributed by atoms with Gasteiger partial charge in [0.25, 0.3) is 10.0 Å². The third-order valence-electron chi connectivity index (χ3n) is 3.89. The number of carbonyl (C=O) groups is 1. The number of rotatable bonds is 5. The molecule has 118 valence electrons. The summed E-state index contributed by atoms with van der Waals surface area (Å²) in [7, 11) is -2.00. The molecule has 2 aromatic rings. The van der Waals surface area contributed by atoms with Crippen molar-refractivity contribution in [3.8, 4) is 0 Å². The predicted molar refractivity (Wildman–Crippen MR) is 83.4 cm³/mol. The Morgan fingerprint density at radius 3 is 2.91 bits per heavy atom. The number of aryl methyl sites for hydroxylation is 1. The lowest BCUT2D eigenvalue weighted by atomic mass is 10.1. The number of thiophene rings is 1. The Balaban J connectivity index is 1.82. The third-order valence-corrected chi connectivity index (χ3v) is 6.83. The number of hydrogen-bond acceptors (Lipinski definition) is 5. The van der Waals surface area contributed by atoms with Crippen LogP contribution in [-0.4, -0.2) is 40.9 Å². The minimum Gasteiger partial charge on any atom is -0.293 e. The van der Waals surface area contributed by atoms with Crippen LogP contribution in [0, 0.1) is 0 Å². The quantitative estimate of drug-likeness (QED) is 0.780. The summed E-state index contributed by atoms with van der Waals surface area (Å²) in [6, 6.07) is 4.83. The molecule has 0 radical (unpaired) electrons. The first-order valence-electron chi connectivity index (χ1n) is 7.06. The molecule has 0 amide bonds. The summed E-state index contributed by atoms with van der Waals surface area (Å²) < 4.78 is 28.3. The predicted octanol–water partition coefficient (Wildman–Crippen LogP) is 1.91. The molecule has 0 bridgehead atoms. The van der Waals surface area contributed by atoms with Crippen molar-refractivity contribution in [1.29, 1.82) is 0 Å². The van der Waals surface area contributed by atoms with Crippen LogP contribution in [-0.2, 0) is 17.1 Å². The zero-order valence-electron chi connectivity index (χ0n) is 12.2. The lowest BCUT2D eigenvalue weighted by Crippen LogP contribution is -2.37. The van der Waals surface area contributed by atoms with Crippen LogP contribution in [0.5, 0.6) is 0 Å². The third kappa shape index (κ3) is 2.73. The lowest BCUT2D eigenvalue weighted by Gasteiger charge is -2.23. The molecule has 0 unspecified atom stereocenters. The van der Waals surface area contributed by atoms with Crippen molar-refractivity contribution in [2.45, 2.75) is 30.3 Å². The van der Waals surface area contributed by atoms with E-state index in [4.69, 9.17) is 0 Å². The summed E-state index contributed by atoms with van der Waals surface area (Å²) in [5, 5.41) is 5.95. The number of nitrogens with zero attached hydrogens (tertiary/aromatic N) is 3. The number of ketones is 1. The number of carbonyl (C=O) groups excluding carboxylic acids is 1. The molecule has 3 heterocycles. The topological polar surface area (TPSA) is 72.3 Å². The van der Waals surface area contributed by atoms with E-state index in [1.54, 1.807) is 13.1 Å². The van der Waals surface area contributed by atoms with E-state index in [-0.39, 0.29) is 23.3 Å². The fourth-order valence-corrected chi connectivity index (χ4v) is 5.29. The minimum atomic E-state index is -3.60. The molecule has 0 saturated carbocycles. The number of Topliss-reactive ketones (excluding diaryl/α,β-unsaturated/α-hetero) is 1. The first-order valence-corrected chi connectivity index (χ1v) is 9.38. The van der Waals surface area contributed by atoms with Gasteiger partial charge in [0, 0.05) is 26.1 Å². The average molecular weight is 339 g/mol. The first kappa shape index (κ1) is 15.4. The zero-order chi connectivity index (χ0) is 15.7. The molecule has 1 atom stereocenters. The Labute approximate surface area is 133 Å². The first-order chi connectivity index (χ1) is 10.5. The fourth-order valence-electron chi connectivity index (χ4n) is 2.82. The highest BCUT2D eigenvalue weighted by Gasteiger charge is 2.37. The van der Waals surface area contributed by atoms with E-state index in [0.29, 0.717) is 17.8 Å². The van der Waals surface area contributed by atoms with Gasteiger partial charge in [0.15, 0.2) is 10.8 Å². The molecule has 2 aromatic heterocycles. The molecule has 1 aliphatic heterocycles. The maximum atomic E-state index is 12.8. The van der Waals surface area contributed by atoms with E-state index in [0.717, 1.165) is 6.42 Å². The Bertz CT molecular complexity index is 765. The summed E-state index contributed by atoms with van der Waals surface area (Å²) in [5.41, 5.74) is 0. The van der Waals surface area contributed by atoms with Crippen molar-refractivity contribution in [2.24, 2.45) is 7.05 Å². The number of hydrogen-bond donors (Lipinski definition) is 0. The van der Waals surface area contributed by atoms with Gasteiger partial charge < -0.3 is 0 Å². The van der Waals surface area contributed by atoms with Crippen LogP contribution in [0.15, 0.2) is 34.8 Å².